The third kappa shape index (κ3) is 4.64. The van der Waals surface area contributed by atoms with Crippen LogP contribution in [0, 0.1) is 0 Å². The Balaban J connectivity index is 1.62. The Kier molecular flexibility index (Phi) is 6.33. The van der Waals surface area contributed by atoms with Gasteiger partial charge in [-0.2, -0.15) is 0 Å². The van der Waals surface area contributed by atoms with Crippen LogP contribution in [0.15, 0.2) is 24.4 Å². The Morgan fingerprint density at radius 3 is 2.81 bits per heavy atom. The Morgan fingerprint density at radius 2 is 2.12 bits per heavy atom. The van der Waals surface area contributed by atoms with Gasteiger partial charge in [-0.3, -0.25) is 4.79 Å². The highest BCUT2D eigenvalue weighted by Crippen LogP contribution is 2.27. The summed E-state index contributed by atoms with van der Waals surface area (Å²) in [5.74, 6) is 0.428. The van der Waals surface area contributed by atoms with Gasteiger partial charge in [0, 0.05) is 22.1 Å². The first-order valence-corrected chi connectivity index (χ1v) is 10.5. The predicted molar refractivity (Wildman–Crippen MR) is 109 cm³/mol. The molecule has 0 bridgehead atoms. The molecule has 2 N–H and O–H groups in total. The van der Waals surface area contributed by atoms with Crippen LogP contribution in [0.4, 0.5) is 5.13 Å². The van der Waals surface area contributed by atoms with Gasteiger partial charge in [0.05, 0.1) is 6.04 Å². The van der Waals surface area contributed by atoms with Crippen LogP contribution in [-0.2, 0) is 17.6 Å². The van der Waals surface area contributed by atoms with Gasteiger partial charge in [0.25, 0.3) is 0 Å². The van der Waals surface area contributed by atoms with Crippen molar-refractivity contribution >= 4 is 34.0 Å². The summed E-state index contributed by atoms with van der Waals surface area (Å²) in [6.45, 7) is 6.36. The molecule has 4 nitrogen and oxygen atoms in total. The summed E-state index contributed by atoms with van der Waals surface area (Å²) < 4.78 is 0. The number of thiazole rings is 1. The summed E-state index contributed by atoms with van der Waals surface area (Å²) in [5, 5.41) is 8.00. The summed E-state index contributed by atoms with van der Waals surface area (Å²) in [7, 11) is 0. The van der Waals surface area contributed by atoms with Crippen LogP contribution in [-0.4, -0.2) is 23.0 Å². The highest BCUT2D eigenvalue weighted by atomic mass is 35.5. The number of aromatic nitrogens is 1. The van der Waals surface area contributed by atoms with Crippen molar-refractivity contribution in [3.8, 4) is 0 Å². The number of carbonyl (C=O) groups excluding carboxylic acids is 1. The molecule has 1 heterocycles. The monoisotopic (exact) mass is 391 g/mol. The van der Waals surface area contributed by atoms with Crippen LogP contribution in [0.25, 0.3) is 0 Å². The van der Waals surface area contributed by atoms with E-state index in [4.69, 9.17) is 11.6 Å². The van der Waals surface area contributed by atoms with E-state index in [2.05, 4.69) is 42.5 Å². The van der Waals surface area contributed by atoms with Crippen LogP contribution in [0.5, 0.6) is 0 Å². The second-order valence-corrected chi connectivity index (χ2v) is 8.74. The number of nitrogens with one attached hydrogen (secondary N) is 2. The van der Waals surface area contributed by atoms with Crippen LogP contribution in [0.1, 0.15) is 55.5 Å². The number of hydrogen-bond acceptors (Lipinski definition) is 4. The molecule has 1 aliphatic rings. The standard InChI is InChI=1S/C20H26ClN3OS/c1-4-5-17(19(25)24-20-22-11-18(26-20)12(2)3)23-16-9-13-6-7-15(21)8-14(13)10-16/h6-8,11-12,16-17,23H,4-5,9-10H2,1-3H3,(H,22,24,25)/t16?,17-/m0/s1. The zero-order chi connectivity index (χ0) is 18.7. The number of halogens is 1. The summed E-state index contributed by atoms with van der Waals surface area (Å²) in [6.07, 6.45) is 5.46. The van der Waals surface area contributed by atoms with Gasteiger partial charge in [0.15, 0.2) is 5.13 Å². The van der Waals surface area contributed by atoms with Crippen LogP contribution in [0.2, 0.25) is 5.02 Å². The number of amides is 1. The average Bonchev–Trinajstić information content (AvgIpc) is 3.20. The summed E-state index contributed by atoms with van der Waals surface area (Å²) in [4.78, 5) is 18.3. The molecule has 2 aromatic rings. The first-order valence-electron chi connectivity index (χ1n) is 9.26. The van der Waals surface area contributed by atoms with Gasteiger partial charge in [-0.15, -0.1) is 11.3 Å². The van der Waals surface area contributed by atoms with Crippen LogP contribution >= 0.6 is 22.9 Å². The number of nitrogens with zero attached hydrogens (tertiary/aromatic N) is 1. The Labute approximate surface area is 164 Å². The lowest BCUT2D eigenvalue weighted by Gasteiger charge is -2.21. The third-order valence-corrected chi connectivity index (χ3v) is 6.20. The fourth-order valence-electron chi connectivity index (χ4n) is 3.37. The van der Waals surface area contributed by atoms with E-state index in [1.54, 1.807) is 11.3 Å². The Hall–Kier alpha value is -1.43. The van der Waals surface area contributed by atoms with Crippen molar-refractivity contribution in [3.63, 3.8) is 0 Å². The van der Waals surface area contributed by atoms with Crippen molar-refractivity contribution in [2.75, 3.05) is 5.32 Å². The average molecular weight is 392 g/mol. The summed E-state index contributed by atoms with van der Waals surface area (Å²) in [5.41, 5.74) is 2.61. The van der Waals surface area contributed by atoms with E-state index < -0.39 is 0 Å². The van der Waals surface area contributed by atoms with Gasteiger partial charge in [-0.05, 0) is 48.4 Å². The molecule has 140 valence electrons. The maximum absolute atomic E-state index is 12.8. The second kappa shape index (κ2) is 8.51. The van der Waals surface area contributed by atoms with Gasteiger partial charge >= 0.3 is 0 Å². The normalized spacial score (nSPS) is 17.3. The maximum atomic E-state index is 12.8. The van der Waals surface area contributed by atoms with Crippen molar-refractivity contribution < 1.29 is 4.79 Å². The molecule has 1 unspecified atom stereocenters. The van der Waals surface area contributed by atoms with Crippen LogP contribution < -0.4 is 10.6 Å². The zero-order valence-electron chi connectivity index (χ0n) is 15.5. The van der Waals surface area contributed by atoms with Crippen molar-refractivity contribution in [2.45, 2.75) is 64.5 Å². The topological polar surface area (TPSA) is 54.0 Å². The molecule has 0 fully saturated rings. The number of benzene rings is 1. The molecule has 0 saturated heterocycles. The highest BCUT2D eigenvalue weighted by Gasteiger charge is 2.27. The molecule has 1 aliphatic carbocycles. The van der Waals surface area contributed by atoms with E-state index in [9.17, 15) is 4.79 Å². The van der Waals surface area contributed by atoms with Gasteiger partial charge in [-0.25, -0.2) is 4.98 Å². The molecular weight excluding hydrogens is 366 g/mol. The molecule has 2 atom stereocenters. The molecule has 0 radical (unpaired) electrons. The minimum absolute atomic E-state index is 0.00509. The van der Waals surface area contributed by atoms with Crippen molar-refractivity contribution in [2.24, 2.45) is 0 Å². The molecule has 1 aromatic heterocycles. The van der Waals surface area contributed by atoms with E-state index in [0.717, 1.165) is 30.7 Å². The molecule has 1 amide bonds. The molecule has 6 heteroatoms. The van der Waals surface area contributed by atoms with Gasteiger partial charge in [-0.1, -0.05) is 44.9 Å². The minimum Gasteiger partial charge on any atom is -0.302 e. The maximum Gasteiger partial charge on any atom is 0.243 e. The SMILES string of the molecule is CCC[C@H](NC1Cc2ccc(Cl)cc2C1)C(=O)Nc1ncc(C(C)C)s1. The van der Waals surface area contributed by atoms with Crippen molar-refractivity contribution in [1.29, 1.82) is 0 Å². The van der Waals surface area contributed by atoms with E-state index in [1.165, 1.54) is 16.0 Å². The molecular formula is C20H26ClN3OS. The molecule has 26 heavy (non-hydrogen) atoms. The quantitative estimate of drug-likeness (QED) is 0.713. The third-order valence-electron chi connectivity index (χ3n) is 4.75. The number of rotatable bonds is 7. The first-order chi connectivity index (χ1) is 12.5. The van der Waals surface area contributed by atoms with Crippen molar-refractivity contribution in [3.05, 3.63) is 45.4 Å². The Bertz CT molecular complexity index is 774. The van der Waals surface area contributed by atoms with Crippen molar-refractivity contribution in [1.82, 2.24) is 10.3 Å². The molecule has 0 spiro atoms. The second-order valence-electron chi connectivity index (χ2n) is 7.24. The molecule has 0 aliphatic heterocycles. The predicted octanol–water partition coefficient (Wildman–Crippen LogP) is 4.78. The van der Waals surface area contributed by atoms with E-state index in [-0.39, 0.29) is 18.0 Å². The number of carbonyl (C=O) groups is 1. The number of anilines is 1. The first kappa shape index (κ1) is 19.3. The smallest absolute Gasteiger partial charge is 0.243 e. The largest absolute Gasteiger partial charge is 0.302 e. The number of fused-ring (bicyclic) bond motifs is 1. The highest BCUT2D eigenvalue weighted by molar-refractivity contribution is 7.15. The summed E-state index contributed by atoms with van der Waals surface area (Å²) >= 11 is 7.65. The number of hydrogen-bond donors (Lipinski definition) is 2. The van der Waals surface area contributed by atoms with E-state index in [1.807, 2.05) is 18.3 Å². The fourth-order valence-corrected chi connectivity index (χ4v) is 4.39. The lowest BCUT2D eigenvalue weighted by Crippen LogP contribution is -2.46. The fraction of sp³-hybridized carbons (Fsp3) is 0.500. The zero-order valence-corrected chi connectivity index (χ0v) is 17.1. The lowest BCUT2D eigenvalue weighted by molar-refractivity contribution is -0.118. The van der Waals surface area contributed by atoms with Crippen LogP contribution in [0.3, 0.4) is 0 Å². The lowest BCUT2D eigenvalue weighted by atomic mass is 10.1. The molecule has 0 saturated carbocycles. The van der Waals surface area contributed by atoms with Gasteiger partial charge in [0.2, 0.25) is 5.91 Å². The minimum atomic E-state index is -0.207. The molecule has 1 aromatic carbocycles. The molecule has 3 rings (SSSR count). The van der Waals surface area contributed by atoms with E-state index >= 15 is 0 Å². The van der Waals surface area contributed by atoms with Gasteiger partial charge in [0.1, 0.15) is 0 Å². The van der Waals surface area contributed by atoms with E-state index in [0.29, 0.717) is 11.0 Å². The Morgan fingerprint density at radius 1 is 1.35 bits per heavy atom. The summed E-state index contributed by atoms with van der Waals surface area (Å²) in [6, 6.07) is 6.14. The van der Waals surface area contributed by atoms with Gasteiger partial charge < -0.3 is 10.6 Å².